The van der Waals surface area contributed by atoms with Crippen LogP contribution < -0.4 is 9.47 Å². The first kappa shape index (κ1) is 19.8. The monoisotopic (exact) mass is 404 g/mol. The number of hydrogen-bond donors (Lipinski definition) is 1. The summed E-state index contributed by atoms with van der Waals surface area (Å²) in [7, 11) is 0. The minimum Gasteiger partial charge on any atom is -0.490 e. The lowest BCUT2D eigenvalue weighted by Gasteiger charge is -2.12. The maximum Gasteiger partial charge on any atom is 0.304 e. The summed E-state index contributed by atoms with van der Waals surface area (Å²) < 4.78 is 13.8. The number of aliphatic carboxylic acids is 1. The van der Waals surface area contributed by atoms with E-state index in [4.69, 9.17) is 14.6 Å². The molecular formula is C24H24N2O4. The zero-order valence-electron chi connectivity index (χ0n) is 17.1. The van der Waals surface area contributed by atoms with E-state index in [0.29, 0.717) is 17.9 Å². The molecule has 1 aliphatic heterocycles. The van der Waals surface area contributed by atoms with Crippen LogP contribution in [-0.4, -0.2) is 21.7 Å². The highest BCUT2D eigenvalue weighted by molar-refractivity contribution is 5.83. The third-order valence-corrected chi connectivity index (χ3v) is 5.38. The number of nitriles is 1. The first-order valence-electron chi connectivity index (χ1n) is 10.1. The highest BCUT2D eigenvalue weighted by Crippen LogP contribution is 2.37. The lowest BCUT2D eigenvalue weighted by atomic mass is 10.0. The van der Waals surface area contributed by atoms with Gasteiger partial charge in [-0.1, -0.05) is 6.07 Å². The SMILES string of the molecule is CC(C)Oc1ccc(COc2ccc3c(c2)cc2n3CC[C@H]2CC(=O)O)cc1C#N. The molecule has 2 aromatic carbocycles. The van der Waals surface area contributed by atoms with Crippen molar-refractivity contribution in [2.75, 3.05) is 0 Å². The Morgan fingerprint density at radius 3 is 2.83 bits per heavy atom. The van der Waals surface area contributed by atoms with E-state index in [1.807, 2.05) is 38.1 Å². The lowest BCUT2D eigenvalue weighted by Crippen LogP contribution is -2.07. The Morgan fingerprint density at radius 2 is 2.10 bits per heavy atom. The van der Waals surface area contributed by atoms with Crippen molar-refractivity contribution in [3.63, 3.8) is 0 Å². The van der Waals surface area contributed by atoms with Crippen LogP contribution in [-0.2, 0) is 17.9 Å². The predicted molar refractivity (Wildman–Crippen MR) is 113 cm³/mol. The molecule has 6 heteroatoms. The average molecular weight is 404 g/mol. The number of ether oxygens (including phenoxy) is 2. The molecule has 4 rings (SSSR count). The molecule has 154 valence electrons. The molecule has 3 aromatic rings. The van der Waals surface area contributed by atoms with E-state index in [1.54, 1.807) is 12.1 Å². The fraction of sp³-hybridized carbons (Fsp3) is 0.333. The predicted octanol–water partition coefficient (Wildman–Crippen LogP) is 4.84. The number of rotatable bonds is 7. The summed E-state index contributed by atoms with van der Waals surface area (Å²) in [5.41, 5.74) is 3.58. The molecular weight excluding hydrogens is 380 g/mol. The number of carbonyl (C=O) groups is 1. The number of hydrogen-bond acceptors (Lipinski definition) is 4. The zero-order valence-corrected chi connectivity index (χ0v) is 17.1. The molecule has 1 atom stereocenters. The van der Waals surface area contributed by atoms with Crippen LogP contribution in [0.1, 0.15) is 49.4 Å². The summed E-state index contributed by atoms with van der Waals surface area (Å²) >= 11 is 0. The van der Waals surface area contributed by atoms with Gasteiger partial charge in [-0.15, -0.1) is 0 Å². The van der Waals surface area contributed by atoms with Crippen LogP contribution in [0.15, 0.2) is 42.5 Å². The van der Waals surface area contributed by atoms with Crippen molar-refractivity contribution < 1.29 is 19.4 Å². The summed E-state index contributed by atoms with van der Waals surface area (Å²) in [4.78, 5) is 11.1. The van der Waals surface area contributed by atoms with Gasteiger partial charge in [-0.25, -0.2) is 0 Å². The quantitative estimate of drug-likeness (QED) is 0.609. The molecule has 1 N–H and O–H groups in total. The molecule has 0 bridgehead atoms. The Morgan fingerprint density at radius 1 is 1.27 bits per heavy atom. The van der Waals surface area contributed by atoms with Crippen LogP contribution in [0.5, 0.6) is 11.5 Å². The van der Waals surface area contributed by atoms with E-state index >= 15 is 0 Å². The third kappa shape index (κ3) is 3.97. The normalized spacial score (nSPS) is 15.2. The smallest absolute Gasteiger partial charge is 0.304 e. The van der Waals surface area contributed by atoms with E-state index in [1.165, 1.54) is 0 Å². The van der Waals surface area contributed by atoms with Crippen molar-refractivity contribution in [2.45, 2.75) is 51.9 Å². The molecule has 0 amide bonds. The van der Waals surface area contributed by atoms with Crippen molar-refractivity contribution in [2.24, 2.45) is 0 Å². The summed E-state index contributed by atoms with van der Waals surface area (Å²) in [6.07, 6.45) is 1.04. The number of aryl methyl sites for hydroxylation is 1. The second-order valence-corrected chi connectivity index (χ2v) is 7.92. The standard InChI is InChI=1S/C24H24N2O4/c1-15(2)30-23-6-3-16(9-19(23)13-25)14-29-20-4-5-21-18(10-20)11-22-17(12-24(27)28)7-8-26(21)22/h3-6,9-11,15,17H,7-8,12,14H2,1-2H3,(H,27,28)/t17-/m0/s1. The van der Waals surface area contributed by atoms with Crippen molar-refractivity contribution in [1.29, 1.82) is 5.26 Å². The van der Waals surface area contributed by atoms with Crippen LogP contribution in [0, 0.1) is 11.3 Å². The Hall–Kier alpha value is -3.46. The van der Waals surface area contributed by atoms with Gasteiger partial charge in [-0.2, -0.15) is 5.26 Å². The van der Waals surface area contributed by atoms with Crippen molar-refractivity contribution in [1.82, 2.24) is 4.57 Å². The van der Waals surface area contributed by atoms with Gasteiger partial charge in [0, 0.05) is 29.1 Å². The summed E-state index contributed by atoms with van der Waals surface area (Å²) in [6, 6.07) is 15.7. The van der Waals surface area contributed by atoms with Gasteiger partial charge in [0.25, 0.3) is 0 Å². The van der Waals surface area contributed by atoms with Gasteiger partial charge in [-0.3, -0.25) is 4.79 Å². The first-order chi connectivity index (χ1) is 14.4. The van der Waals surface area contributed by atoms with Gasteiger partial charge in [0.05, 0.1) is 18.1 Å². The maximum atomic E-state index is 11.1. The summed E-state index contributed by atoms with van der Waals surface area (Å²) in [5.74, 6) is 0.624. The molecule has 0 radical (unpaired) electrons. The second kappa shape index (κ2) is 8.11. The average Bonchev–Trinajstić information content (AvgIpc) is 3.25. The van der Waals surface area contributed by atoms with E-state index in [0.717, 1.165) is 40.9 Å². The zero-order chi connectivity index (χ0) is 21.3. The van der Waals surface area contributed by atoms with Crippen molar-refractivity contribution >= 4 is 16.9 Å². The summed E-state index contributed by atoms with van der Waals surface area (Å²) in [5, 5.41) is 19.6. The van der Waals surface area contributed by atoms with Crippen LogP contribution in [0.4, 0.5) is 0 Å². The van der Waals surface area contributed by atoms with E-state index in [2.05, 4.69) is 16.7 Å². The number of fused-ring (bicyclic) bond motifs is 3. The van der Waals surface area contributed by atoms with E-state index in [-0.39, 0.29) is 18.4 Å². The Kier molecular flexibility index (Phi) is 5.37. The minimum absolute atomic E-state index is 0.00469. The van der Waals surface area contributed by atoms with Gasteiger partial charge in [0.2, 0.25) is 0 Å². The van der Waals surface area contributed by atoms with Crippen LogP contribution in [0.2, 0.25) is 0 Å². The third-order valence-electron chi connectivity index (χ3n) is 5.38. The molecule has 0 fully saturated rings. The van der Waals surface area contributed by atoms with Gasteiger partial charge in [-0.05, 0) is 62.2 Å². The van der Waals surface area contributed by atoms with Gasteiger partial charge in [0.1, 0.15) is 24.2 Å². The topological polar surface area (TPSA) is 84.5 Å². The number of aromatic nitrogens is 1. The molecule has 0 unspecified atom stereocenters. The Balaban J connectivity index is 1.50. The second-order valence-electron chi connectivity index (χ2n) is 7.92. The lowest BCUT2D eigenvalue weighted by molar-refractivity contribution is -0.137. The first-order valence-corrected chi connectivity index (χ1v) is 10.1. The number of nitrogens with zero attached hydrogens (tertiary/aromatic N) is 2. The number of carboxylic acids is 1. The summed E-state index contributed by atoms with van der Waals surface area (Å²) in [6.45, 7) is 5.04. The van der Waals surface area contributed by atoms with Crippen LogP contribution in [0.3, 0.4) is 0 Å². The van der Waals surface area contributed by atoms with Crippen molar-refractivity contribution in [3.8, 4) is 17.6 Å². The van der Waals surface area contributed by atoms with Crippen LogP contribution >= 0.6 is 0 Å². The highest BCUT2D eigenvalue weighted by atomic mass is 16.5. The maximum absolute atomic E-state index is 11.1. The van der Waals surface area contributed by atoms with E-state index < -0.39 is 5.97 Å². The molecule has 1 aliphatic rings. The largest absolute Gasteiger partial charge is 0.490 e. The fourth-order valence-corrected chi connectivity index (χ4v) is 4.08. The van der Waals surface area contributed by atoms with Gasteiger partial charge >= 0.3 is 5.97 Å². The fourth-order valence-electron chi connectivity index (χ4n) is 4.08. The molecule has 30 heavy (non-hydrogen) atoms. The molecule has 2 heterocycles. The van der Waals surface area contributed by atoms with Crippen molar-refractivity contribution in [3.05, 3.63) is 59.3 Å². The molecule has 6 nitrogen and oxygen atoms in total. The Labute approximate surface area is 175 Å². The molecule has 0 aliphatic carbocycles. The number of carboxylic acid groups (broad SMARTS) is 1. The highest BCUT2D eigenvalue weighted by Gasteiger charge is 2.26. The molecule has 0 spiro atoms. The molecule has 1 aromatic heterocycles. The Bertz CT molecular complexity index is 1140. The van der Waals surface area contributed by atoms with Gasteiger partial charge in [0.15, 0.2) is 0 Å². The van der Waals surface area contributed by atoms with E-state index in [9.17, 15) is 10.1 Å². The minimum atomic E-state index is -0.760. The number of benzene rings is 2. The van der Waals surface area contributed by atoms with Crippen LogP contribution in [0.25, 0.3) is 10.9 Å². The molecule has 0 saturated carbocycles. The van der Waals surface area contributed by atoms with Gasteiger partial charge < -0.3 is 19.1 Å². The molecule has 0 saturated heterocycles.